The van der Waals surface area contributed by atoms with Crippen LogP contribution in [0, 0.1) is 5.82 Å². The van der Waals surface area contributed by atoms with Crippen molar-refractivity contribution >= 4 is 15.9 Å². The monoisotopic (exact) mass is 453 g/mol. The van der Waals surface area contributed by atoms with Crippen LogP contribution in [0.2, 0.25) is 0 Å². The zero-order chi connectivity index (χ0) is 22.9. The quantitative estimate of drug-likeness (QED) is 0.626. The van der Waals surface area contributed by atoms with E-state index in [1.807, 2.05) is 0 Å². The van der Waals surface area contributed by atoms with Crippen LogP contribution in [0.4, 0.5) is 4.39 Å². The molecule has 0 saturated heterocycles. The Bertz CT molecular complexity index is 1150. The minimum atomic E-state index is -3.61. The molecule has 1 unspecified atom stereocenters. The number of hydrogen-bond acceptors (Lipinski definition) is 7. The first-order valence-electron chi connectivity index (χ1n) is 9.47. The second kappa shape index (κ2) is 8.73. The van der Waals surface area contributed by atoms with Gasteiger partial charge in [0, 0.05) is 26.2 Å². The van der Waals surface area contributed by atoms with Crippen LogP contribution in [0.15, 0.2) is 29.1 Å². The summed E-state index contributed by atoms with van der Waals surface area (Å²) < 4.78 is 40.0. The van der Waals surface area contributed by atoms with Gasteiger partial charge in [-0.2, -0.15) is 4.31 Å². The number of aromatic nitrogens is 2. The van der Waals surface area contributed by atoms with E-state index in [1.165, 1.54) is 33.1 Å². The van der Waals surface area contributed by atoms with Crippen LogP contribution in [0.1, 0.15) is 27.9 Å². The molecule has 0 radical (unpaired) electrons. The van der Waals surface area contributed by atoms with E-state index in [0.717, 1.165) is 6.26 Å². The normalized spacial score (nSPS) is 16.9. The Kier molecular flexibility index (Phi) is 6.43. The molecular weight excluding hydrogens is 429 g/mol. The van der Waals surface area contributed by atoms with Gasteiger partial charge in [0.05, 0.1) is 12.3 Å². The van der Waals surface area contributed by atoms with E-state index in [9.17, 15) is 27.5 Å². The predicted octanol–water partition coefficient (Wildman–Crippen LogP) is -0.104. The van der Waals surface area contributed by atoms with Crippen molar-refractivity contribution in [2.24, 2.45) is 0 Å². The van der Waals surface area contributed by atoms with Gasteiger partial charge in [-0.3, -0.25) is 14.2 Å². The maximum absolute atomic E-state index is 13.0. The number of amides is 1. The standard InChI is InChI=1S/C19H24FN5O5S/c1-23(2)11-14-17-22-15(18(27)21-10-12-4-6-13(20)7-5-12)16(26)19(28)24(17)8-9-25(14)31(3,29)30/h4-7,14,26H,8-11H2,1-3H3,(H,21,27). The lowest BCUT2D eigenvalue weighted by molar-refractivity contribution is 0.0940. The number of fused-ring (bicyclic) bond motifs is 1. The van der Waals surface area contributed by atoms with Crippen LogP contribution in [0.3, 0.4) is 0 Å². The number of likely N-dealkylation sites (N-methyl/N-ethyl adjacent to an activating group) is 1. The third kappa shape index (κ3) is 4.92. The summed E-state index contributed by atoms with van der Waals surface area (Å²) in [6.07, 6.45) is 1.07. The lowest BCUT2D eigenvalue weighted by Gasteiger charge is -2.36. The Morgan fingerprint density at radius 2 is 1.94 bits per heavy atom. The first kappa shape index (κ1) is 22.8. The molecule has 0 aliphatic carbocycles. The largest absolute Gasteiger partial charge is 0.501 e. The van der Waals surface area contributed by atoms with Gasteiger partial charge >= 0.3 is 0 Å². The molecule has 2 heterocycles. The second-order valence-corrected chi connectivity index (χ2v) is 9.52. The van der Waals surface area contributed by atoms with E-state index in [1.54, 1.807) is 19.0 Å². The highest BCUT2D eigenvalue weighted by Gasteiger charge is 2.37. The minimum Gasteiger partial charge on any atom is -0.501 e. The first-order valence-corrected chi connectivity index (χ1v) is 11.3. The van der Waals surface area contributed by atoms with Crippen molar-refractivity contribution < 1.29 is 22.7 Å². The number of sulfonamides is 1. The van der Waals surface area contributed by atoms with Crippen molar-refractivity contribution in [3.8, 4) is 5.75 Å². The third-order valence-corrected chi connectivity index (χ3v) is 6.20. The molecule has 12 heteroatoms. The molecule has 31 heavy (non-hydrogen) atoms. The maximum atomic E-state index is 13.0. The van der Waals surface area contributed by atoms with Crippen molar-refractivity contribution in [2.45, 2.75) is 19.1 Å². The number of nitrogens with zero attached hydrogens (tertiary/aromatic N) is 4. The van der Waals surface area contributed by atoms with E-state index in [-0.39, 0.29) is 32.0 Å². The number of rotatable bonds is 6. The first-order chi connectivity index (χ1) is 14.5. The smallest absolute Gasteiger partial charge is 0.296 e. The maximum Gasteiger partial charge on any atom is 0.296 e. The van der Waals surface area contributed by atoms with Crippen LogP contribution >= 0.6 is 0 Å². The number of hydrogen-bond donors (Lipinski definition) is 2. The molecule has 2 N–H and O–H groups in total. The molecular formula is C19H24FN5O5S. The van der Waals surface area contributed by atoms with Gasteiger partial charge in [0.1, 0.15) is 11.6 Å². The van der Waals surface area contributed by atoms with Crippen LogP contribution in [0.25, 0.3) is 0 Å². The van der Waals surface area contributed by atoms with Gasteiger partial charge in [-0.1, -0.05) is 12.1 Å². The van der Waals surface area contributed by atoms with Gasteiger partial charge in [-0.25, -0.2) is 17.8 Å². The summed E-state index contributed by atoms with van der Waals surface area (Å²) in [5.74, 6) is -1.95. The molecule has 1 amide bonds. The van der Waals surface area contributed by atoms with E-state index >= 15 is 0 Å². The van der Waals surface area contributed by atoms with Crippen molar-refractivity contribution in [3.63, 3.8) is 0 Å². The van der Waals surface area contributed by atoms with Crippen molar-refractivity contribution in [2.75, 3.05) is 33.4 Å². The van der Waals surface area contributed by atoms with E-state index in [0.29, 0.717) is 5.56 Å². The summed E-state index contributed by atoms with van der Waals surface area (Å²) in [7, 11) is -0.123. The van der Waals surface area contributed by atoms with Gasteiger partial charge in [-0.15, -0.1) is 0 Å². The number of carbonyl (C=O) groups excluding carboxylic acids is 1. The number of aromatic hydroxyl groups is 1. The molecule has 2 aromatic rings. The highest BCUT2D eigenvalue weighted by Crippen LogP contribution is 2.27. The van der Waals surface area contributed by atoms with Crippen LogP contribution in [0.5, 0.6) is 5.75 Å². The minimum absolute atomic E-state index is 0.00318. The predicted molar refractivity (Wildman–Crippen MR) is 111 cm³/mol. The molecule has 1 aromatic carbocycles. The van der Waals surface area contributed by atoms with E-state index in [2.05, 4.69) is 10.3 Å². The van der Waals surface area contributed by atoms with Gasteiger partial charge in [-0.05, 0) is 31.8 Å². The van der Waals surface area contributed by atoms with Crippen LogP contribution in [-0.2, 0) is 23.1 Å². The second-order valence-electron chi connectivity index (χ2n) is 7.58. The summed E-state index contributed by atoms with van der Waals surface area (Å²) in [6.45, 7) is 0.293. The number of carbonyl (C=O) groups is 1. The molecule has 0 bridgehead atoms. The van der Waals surface area contributed by atoms with Crippen molar-refractivity contribution in [3.05, 3.63) is 57.5 Å². The highest BCUT2D eigenvalue weighted by atomic mass is 32.2. The highest BCUT2D eigenvalue weighted by molar-refractivity contribution is 7.88. The molecule has 168 valence electrons. The van der Waals surface area contributed by atoms with Gasteiger partial charge in [0.25, 0.3) is 11.5 Å². The molecule has 1 aliphatic heterocycles. The zero-order valence-corrected chi connectivity index (χ0v) is 18.2. The van der Waals surface area contributed by atoms with Crippen LogP contribution in [-0.4, -0.2) is 71.6 Å². The van der Waals surface area contributed by atoms with Crippen molar-refractivity contribution in [1.82, 2.24) is 24.1 Å². The van der Waals surface area contributed by atoms with Gasteiger partial charge < -0.3 is 15.3 Å². The Balaban J connectivity index is 1.98. The van der Waals surface area contributed by atoms with Gasteiger partial charge in [0.15, 0.2) is 5.69 Å². The SMILES string of the molecule is CN(C)CC1c2nc(C(=O)NCc3ccc(F)cc3)c(O)c(=O)n2CCN1S(C)(=O)=O. The molecule has 1 aliphatic rings. The Morgan fingerprint density at radius 3 is 2.52 bits per heavy atom. The average Bonchev–Trinajstić information content (AvgIpc) is 2.69. The Hall–Kier alpha value is -2.83. The lowest BCUT2D eigenvalue weighted by Crippen LogP contribution is -2.49. The fourth-order valence-electron chi connectivity index (χ4n) is 3.46. The number of nitrogens with one attached hydrogen (secondary N) is 1. The molecule has 1 aromatic heterocycles. The average molecular weight is 453 g/mol. The fourth-order valence-corrected chi connectivity index (χ4v) is 4.49. The summed E-state index contributed by atoms with van der Waals surface area (Å²) in [5.41, 5.74) is -0.691. The summed E-state index contributed by atoms with van der Waals surface area (Å²) in [6, 6.07) is 4.65. The van der Waals surface area contributed by atoms with Crippen LogP contribution < -0.4 is 10.9 Å². The molecule has 1 atom stereocenters. The molecule has 0 saturated carbocycles. The van der Waals surface area contributed by atoms with Gasteiger partial charge in [0.2, 0.25) is 15.8 Å². The van der Waals surface area contributed by atoms with Crippen molar-refractivity contribution in [1.29, 1.82) is 0 Å². The summed E-state index contributed by atoms with van der Waals surface area (Å²) in [5, 5.41) is 12.8. The summed E-state index contributed by atoms with van der Waals surface area (Å²) >= 11 is 0. The summed E-state index contributed by atoms with van der Waals surface area (Å²) in [4.78, 5) is 31.3. The number of halogens is 1. The van der Waals surface area contributed by atoms with E-state index in [4.69, 9.17) is 0 Å². The number of benzene rings is 1. The third-order valence-electron chi connectivity index (χ3n) is 4.91. The molecule has 10 nitrogen and oxygen atoms in total. The molecule has 0 spiro atoms. The van der Waals surface area contributed by atoms with E-state index < -0.39 is 44.8 Å². The molecule has 0 fully saturated rings. The lowest BCUT2D eigenvalue weighted by atomic mass is 10.2. The molecule has 3 rings (SSSR count). The topological polar surface area (TPSA) is 125 Å². The fraction of sp³-hybridized carbons (Fsp3) is 0.421. The Morgan fingerprint density at radius 1 is 1.29 bits per heavy atom. The Labute approximate surface area is 179 Å². The zero-order valence-electron chi connectivity index (χ0n) is 17.4.